The Morgan fingerprint density at radius 3 is 1.68 bits per heavy atom. The summed E-state index contributed by atoms with van der Waals surface area (Å²) < 4.78 is 50.4. The fraction of sp³-hybridized carbons (Fsp3) is 0.0909. The molecule has 0 bridgehead atoms. The third kappa shape index (κ3) is 2.45. The standard InChI is InChI=1S/C22H13F3O3/c23-22(24,25)21(16-4-2-1-3-5-16)17-10-14(12-26)6-8-19(17)28-20-9-7-15(13-27)11-18(20)21/h1-13H. The number of hydrogen-bond acceptors (Lipinski definition) is 3. The van der Waals surface area contributed by atoms with E-state index in [2.05, 4.69) is 0 Å². The molecule has 1 aliphatic heterocycles. The summed E-state index contributed by atoms with van der Waals surface area (Å²) in [6.07, 6.45) is -3.79. The molecule has 140 valence electrons. The maximum atomic E-state index is 14.9. The van der Waals surface area contributed by atoms with Crippen LogP contribution in [0.3, 0.4) is 0 Å². The van der Waals surface area contributed by atoms with Gasteiger partial charge in [-0.3, -0.25) is 9.59 Å². The van der Waals surface area contributed by atoms with Crippen LogP contribution in [0, 0.1) is 0 Å². The molecule has 0 unspecified atom stereocenters. The maximum Gasteiger partial charge on any atom is 0.406 e. The molecule has 0 saturated heterocycles. The van der Waals surface area contributed by atoms with Gasteiger partial charge in [-0.05, 0) is 42.0 Å². The summed E-state index contributed by atoms with van der Waals surface area (Å²) in [7, 11) is 0. The summed E-state index contributed by atoms with van der Waals surface area (Å²) in [5.74, 6) is 0.0243. The Balaban J connectivity index is 2.20. The molecule has 0 amide bonds. The van der Waals surface area contributed by atoms with Crippen LogP contribution in [0.1, 0.15) is 37.4 Å². The fourth-order valence-corrected chi connectivity index (χ4v) is 3.74. The molecule has 0 saturated carbocycles. The first-order valence-corrected chi connectivity index (χ1v) is 8.41. The molecule has 3 nitrogen and oxygen atoms in total. The molecule has 6 heteroatoms. The summed E-state index contributed by atoms with van der Waals surface area (Å²) in [5, 5.41) is 0. The number of carbonyl (C=O) groups excluding carboxylic acids is 2. The molecule has 0 aromatic heterocycles. The molecule has 28 heavy (non-hydrogen) atoms. The van der Waals surface area contributed by atoms with Crippen LogP contribution in [-0.4, -0.2) is 18.7 Å². The number of benzene rings is 3. The largest absolute Gasteiger partial charge is 0.457 e. The summed E-state index contributed by atoms with van der Waals surface area (Å²) in [5.41, 5.74) is -2.80. The van der Waals surface area contributed by atoms with Crippen molar-refractivity contribution in [2.45, 2.75) is 11.6 Å². The second-order valence-electron chi connectivity index (χ2n) is 6.46. The minimum atomic E-state index is -4.77. The van der Waals surface area contributed by atoms with Gasteiger partial charge >= 0.3 is 6.18 Å². The third-order valence-electron chi connectivity index (χ3n) is 4.94. The summed E-state index contributed by atoms with van der Waals surface area (Å²) in [4.78, 5) is 22.5. The van der Waals surface area contributed by atoms with E-state index in [-0.39, 0.29) is 39.3 Å². The fourth-order valence-electron chi connectivity index (χ4n) is 3.74. The molecule has 0 N–H and O–H groups in total. The highest BCUT2D eigenvalue weighted by molar-refractivity contribution is 5.80. The quantitative estimate of drug-likeness (QED) is 0.577. The molecule has 1 aliphatic rings. The Morgan fingerprint density at radius 1 is 0.750 bits per heavy atom. The van der Waals surface area contributed by atoms with Crippen LogP contribution >= 0.6 is 0 Å². The van der Waals surface area contributed by atoms with E-state index >= 15 is 0 Å². The normalized spacial score (nSPS) is 14.4. The van der Waals surface area contributed by atoms with Gasteiger partial charge in [0.15, 0.2) is 0 Å². The second kappa shape index (κ2) is 6.34. The van der Waals surface area contributed by atoms with Gasteiger partial charge in [0.25, 0.3) is 0 Å². The van der Waals surface area contributed by atoms with E-state index < -0.39 is 11.6 Å². The lowest BCUT2D eigenvalue weighted by molar-refractivity contribution is -0.168. The van der Waals surface area contributed by atoms with Crippen molar-refractivity contribution in [3.8, 4) is 11.5 Å². The summed E-state index contributed by atoms with van der Waals surface area (Å²) in [6, 6.07) is 15.3. The van der Waals surface area contributed by atoms with Crippen LogP contribution in [-0.2, 0) is 5.41 Å². The van der Waals surface area contributed by atoms with Crippen molar-refractivity contribution >= 4 is 12.6 Å². The summed E-state index contributed by atoms with van der Waals surface area (Å²) >= 11 is 0. The van der Waals surface area contributed by atoms with Gasteiger partial charge in [-0.25, -0.2) is 0 Å². The number of rotatable bonds is 3. The van der Waals surface area contributed by atoms with E-state index in [4.69, 9.17) is 4.74 Å². The van der Waals surface area contributed by atoms with Gasteiger partial charge in [0, 0.05) is 22.3 Å². The van der Waals surface area contributed by atoms with Crippen molar-refractivity contribution in [2.75, 3.05) is 0 Å². The zero-order chi connectivity index (χ0) is 19.9. The number of hydrogen-bond donors (Lipinski definition) is 0. The zero-order valence-corrected chi connectivity index (χ0v) is 14.4. The number of alkyl halides is 3. The Bertz CT molecular complexity index is 1010. The molecule has 4 rings (SSSR count). The van der Waals surface area contributed by atoms with E-state index in [1.165, 1.54) is 60.7 Å². The van der Waals surface area contributed by atoms with Crippen LogP contribution in [0.5, 0.6) is 11.5 Å². The van der Waals surface area contributed by atoms with Gasteiger partial charge in [0.1, 0.15) is 29.5 Å². The Kier molecular flexibility index (Phi) is 4.07. The van der Waals surface area contributed by atoms with Crippen molar-refractivity contribution in [3.05, 3.63) is 94.5 Å². The average molecular weight is 382 g/mol. The highest BCUT2D eigenvalue weighted by atomic mass is 19.4. The summed E-state index contributed by atoms with van der Waals surface area (Å²) in [6.45, 7) is 0. The molecular formula is C22H13F3O3. The second-order valence-corrected chi connectivity index (χ2v) is 6.46. The molecule has 1 heterocycles. The number of halogens is 3. The van der Waals surface area contributed by atoms with Gasteiger partial charge in [0.05, 0.1) is 0 Å². The Hall–Kier alpha value is -3.41. The number of carbonyl (C=O) groups is 2. The monoisotopic (exact) mass is 382 g/mol. The first-order chi connectivity index (χ1) is 13.4. The van der Waals surface area contributed by atoms with Crippen LogP contribution in [0.25, 0.3) is 0 Å². The minimum Gasteiger partial charge on any atom is -0.457 e. The maximum absolute atomic E-state index is 14.9. The first-order valence-electron chi connectivity index (χ1n) is 8.41. The SMILES string of the molecule is O=Cc1ccc2c(c1)C(c1ccccc1)(C(F)(F)F)c1cc(C=O)ccc1O2. The van der Waals surface area contributed by atoms with Crippen molar-refractivity contribution in [1.82, 2.24) is 0 Å². The highest BCUT2D eigenvalue weighted by Gasteiger charge is 2.62. The predicted octanol–water partition coefficient (Wildman–Crippen LogP) is 5.31. The Morgan fingerprint density at radius 2 is 1.25 bits per heavy atom. The van der Waals surface area contributed by atoms with Crippen molar-refractivity contribution < 1.29 is 27.5 Å². The molecule has 0 atom stereocenters. The van der Waals surface area contributed by atoms with Crippen molar-refractivity contribution in [2.24, 2.45) is 0 Å². The van der Waals surface area contributed by atoms with Gasteiger partial charge in [-0.1, -0.05) is 30.3 Å². The smallest absolute Gasteiger partial charge is 0.406 e. The lowest BCUT2D eigenvalue weighted by Gasteiger charge is -2.42. The van der Waals surface area contributed by atoms with Gasteiger partial charge in [-0.15, -0.1) is 0 Å². The van der Waals surface area contributed by atoms with Gasteiger partial charge in [-0.2, -0.15) is 13.2 Å². The highest BCUT2D eigenvalue weighted by Crippen LogP contribution is 2.59. The van der Waals surface area contributed by atoms with Crippen LogP contribution < -0.4 is 4.74 Å². The van der Waals surface area contributed by atoms with E-state index in [0.717, 1.165) is 0 Å². The van der Waals surface area contributed by atoms with Crippen molar-refractivity contribution in [3.63, 3.8) is 0 Å². The molecule has 3 aromatic carbocycles. The average Bonchev–Trinajstić information content (AvgIpc) is 2.71. The third-order valence-corrected chi connectivity index (χ3v) is 4.94. The van der Waals surface area contributed by atoms with E-state index in [9.17, 15) is 22.8 Å². The molecule has 0 fully saturated rings. The number of ether oxygens (including phenoxy) is 1. The van der Waals surface area contributed by atoms with Crippen LogP contribution in [0.2, 0.25) is 0 Å². The minimum absolute atomic E-state index is 0.0122. The van der Waals surface area contributed by atoms with Gasteiger partial charge in [0.2, 0.25) is 0 Å². The Labute approximate surface area is 158 Å². The lowest BCUT2D eigenvalue weighted by Crippen LogP contribution is -2.46. The molecule has 3 aromatic rings. The topological polar surface area (TPSA) is 43.4 Å². The molecular weight excluding hydrogens is 369 g/mol. The van der Waals surface area contributed by atoms with E-state index in [1.54, 1.807) is 6.07 Å². The first kappa shape index (κ1) is 18.0. The zero-order valence-electron chi connectivity index (χ0n) is 14.4. The van der Waals surface area contributed by atoms with Crippen molar-refractivity contribution in [1.29, 1.82) is 0 Å². The van der Waals surface area contributed by atoms with Crippen LogP contribution in [0.15, 0.2) is 66.7 Å². The predicted molar refractivity (Wildman–Crippen MR) is 96.1 cm³/mol. The lowest BCUT2D eigenvalue weighted by atomic mass is 9.66. The number of aldehydes is 2. The molecule has 0 spiro atoms. The van der Waals surface area contributed by atoms with E-state index in [0.29, 0.717) is 12.6 Å². The molecule has 0 aliphatic carbocycles. The number of fused-ring (bicyclic) bond motifs is 2. The van der Waals surface area contributed by atoms with Crippen LogP contribution in [0.4, 0.5) is 13.2 Å². The van der Waals surface area contributed by atoms with Gasteiger partial charge < -0.3 is 4.74 Å². The molecule has 0 radical (unpaired) electrons. The van der Waals surface area contributed by atoms with E-state index in [1.807, 2.05) is 0 Å².